The number of hydrogen-bond donors (Lipinski definition) is 2. The van der Waals surface area contributed by atoms with E-state index in [9.17, 15) is 23.1 Å². The van der Waals surface area contributed by atoms with Crippen LogP contribution in [0.4, 0.5) is 13.2 Å². The average molecular weight is 341 g/mol. The number of benzene rings is 1. The Morgan fingerprint density at radius 3 is 2.50 bits per heavy atom. The summed E-state index contributed by atoms with van der Waals surface area (Å²) < 4.78 is 37.8. The van der Waals surface area contributed by atoms with Crippen LogP contribution in [0, 0.1) is 5.92 Å². The fraction of sp³-hybridized carbons (Fsp3) is 0.500. The summed E-state index contributed by atoms with van der Waals surface area (Å²) in [5.74, 6) is 0.0788. The highest BCUT2D eigenvalue weighted by molar-refractivity contribution is 5.76. The highest BCUT2D eigenvalue weighted by atomic mass is 19.4. The number of nitrogens with one attached hydrogen (secondary N) is 1. The third-order valence-corrected chi connectivity index (χ3v) is 4.31. The lowest BCUT2D eigenvalue weighted by atomic mass is 9.98. The monoisotopic (exact) mass is 341 g/mol. The Balaban J connectivity index is 1.98. The summed E-state index contributed by atoms with van der Waals surface area (Å²) in [5, 5.41) is 13.2. The Kier molecular flexibility index (Phi) is 6.04. The molecule has 132 valence electrons. The molecule has 2 rings (SSSR count). The second-order valence-corrected chi connectivity index (χ2v) is 6.12. The largest absolute Gasteiger partial charge is 0.416 e. The molecule has 0 bridgehead atoms. The maximum atomic E-state index is 12.6. The topological polar surface area (TPSA) is 49.3 Å². The first-order chi connectivity index (χ1) is 11.3. The van der Waals surface area contributed by atoms with Crippen molar-refractivity contribution in [1.82, 2.24) is 5.32 Å². The lowest BCUT2D eigenvalue weighted by Gasteiger charge is -2.24. The summed E-state index contributed by atoms with van der Waals surface area (Å²) in [6, 6.07) is 3.86. The molecule has 1 aromatic carbocycles. The molecule has 0 aliphatic heterocycles. The quantitative estimate of drug-likeness (QED) is 0.769. The third kappa shape index (κ3) is 4.84. The van der Waals surface area contributed by atoms with Crippen LogP contribution in [-0.4, -0.2) is 17.1 Å². The predicted molar refractivity (Wildman–Crippen MR) is 85.1 cm³/mol. The molecule has 24 heavy (non-hydrogen) atoms. The van der Waals surface area contributed by atoms with Gasteiger partial charge in [0.2, 0.25) is 5.91 Å². The minimum absolute atomic E-state index is 0.149. The van der Waals surface area contributed by atoms with Gasteiger partial charge in [0.05, 0.1) is 17.7 Å². The standard InChI is InChI=1S/C18H22F3NO2/c1-2-15(22-16(23)11-12-5-3-4-6-12)17(24)13-7-9-14(10-8-13)18(19,20)21/h3,5,7-10,12,15,17,24H,2,4,6,11H2,1H3,(H,22,23). The van der Waals surface area contributed by atoms with Crippen LogP contribution in [-0.2, 0) is 11.0 Å². The summed E-state index contributed by atoms with van der Waals surface area (Å²) in [4.78, 5) is 12.1. The molecule has 0 aromatic heterocycles. The van der Waals surface area contributed by atoms with Crippen molar-refractivity contribution in [2.75, 3.05) is 0 Å². The number of rotatable bonds is 6. The summed E-state index contributed by atoms with van der Waals surface area (Å²) >= 11 is 0. The molecule has 0 saturated heterocycles. The van der Waals surface area contributed by atoms with E-state index in [4.69, 9.17) is 0 Å². The van der Waals surface area contributed by atoms with Gasteiger partial charge in [-0.05, 0) is 42.9 Å². The Bertz CT molecular complexity index is 581. The zero-order valence-electron chi connectivity index (χ0n) is 13.5. The van der Waals surface area contributed by atoms with Crippen LogP contribution in [0.25, 0.3) is 0 Å². The minimum Gasteiger partial charge on any atom is -0.386 e. The number of alkyl halides is 3. The van der Waals surface area contributed by atoms with E-state index >= 15 is 0 Å². The van der Waals surface area contributed by atoms with Crippen molar-refractivity contribution < 1.29 is 23.1 Å². The Hall–Kier alpha value is -1.82. The van der Waals surface area contributed by atoms with Gasteiger partial charge in [0.25, 0.3) is 0 Å². The van der Waals surface area contributed by atoms with E-state index in [-0.39, 0.29) is 11.8 Å². The number of carbonyl (C=O) groups is 1. The van der Waals surface area contributed by atoms with Gasteiger partial charge in [-0.2, -0.15) is 13.2 Å². The molecule has 3 atom stereocenters. The van der Waals surface area contributed by atoms with Gasteiger partial charge in [-0.15, -0.1) is 0 Å². The molecule has 1 aromatic rings. The molecule has 0 radical (unpaired) electrons. The van der Waals surface area contributed by atoms with E-state index in [1.807, 2.05) is 19.1 Å². The highest BCUT2D eigenvalue weighted by Crippen LogP contribution is 2.30. The van der Waals surface area contributed by atoms with Crippen molar-refractivity contribution in [3.63, 3.8) is 0 Å². The fourth-order valence-corrected chi connectivity index (χ4v) is 2.87. The first-order valence-corrected chi connectivity index (χ1v) is 8.12. The van der Waals surface area contributed by atoms with E-state index in [1.54, 1.807) is 0 Å². The minimum atomic E-state index is -4.41. The molecule has 1 aliphatic rings. The number of hydrogen-bond acceptors (Lipinski definition) is 2. The highest BCUT2D eigenvalue weighted by Gasteiger charge is 2.30. The molecule has 0 spiro atoms. The van der Waals surface area contributed by atoms with Gasteiger partial charge in [0.15, 0.2) is 0 Å². The van der Waals surface area contributed by atoms with E-state index in [2.05, 4.69) is 5.32 Å². The second-order valence-electron chi connectivity index (χ2n) is 6.12. The number of allylic oxidation sites excluding steroid dienone is 2. The molecule has 3 unspecified atom stereocenters. The fourth-order valence-electron chi connectivity index (χ4n) is 2.87. The van der Waals surface area contributed by atoms with Crippen molar-refractivity contribution in [2.45, 2.75) is 50.9 Å². The van der Waals surface area contributed by atoms with Crippen LogP contribution in [0.15, 0.2) is 36.4 Å². The summed E-state index contributed by atoms with van der Waals surface area (Å²) in [6.45, 7) is 1.81. The van der Waals surface area contributed by atoms with E-state index in [0.717, 1.165) is 25.0 Å². The van der Waals surface area contributed by atoms with Gasteiger partial charge >= 0.3 is 6.18 Å². The van der Waals surface area contributed by atoms with Crippen LogP contribution >= 0.6 is 0 Å². The van der Waals surface area contributed by atoms with Gasteiger partial charge in [0, 0.05) is 6.42 Å². The molecule has 1 amide bonds. The number of aliphatic hydroxyl groups is 1. The van der Waals surface area contributed by atoms with Crippen LogP contribution < -0.4 is 5.32 Å². The Morgan fingerprint density at radius 1 is 1.33 bits per heavy atom. The number of aliphatic hydroxyl groups excluding tert-OH is 1. The first-order valence-electron chi connectivity index (χ1n) is 8.12. The first kappa shape index (κ1) is 18.5. The number of amides is 1. The molecule has 3 nitrogen and oxygen atoms in total. The Morgan fingerprint density at radius 2 is 2.00 bits per heavy atom. The lowest BCUT2D eigenvalue weighted by molar-refractivity contribution is -0.137. The van der Waals surface area contributed by atoms with Crippen molar-refractivity contribution in [3.8, 4) is 0 Å². The maximum absolute atomic E-state index is 12.6. The van der Waals surface area contributed by atoms with Crippen LogP contribution in [0.1, 0.15) is 49.8 Å². The molecule has 0 fully saturated rings. The van der Waals surface area contributed by atoms with Crippen LogP contribution in [0.2, 0.25) is 0 Å². The van der Waals surface area contributed by atoms with Gasteiger partial charge < -0.3 is 10.4 Å². The van der Waals surface area contributed by atoms with E-state index < -0.39 is 23.9 Å². The summed E-state index contributed by atoms with van der Waals surface area (Å²) in [5.41, 5.74) is -0.403. The van der Waals surface area contributed by atoms with E-state index in [1.165, 1.54) is 12.1 Å². The van der Waals surface area contributed by atoms with Crippen LogP contribution in [0.3, 0.4) is 0 Å². The molecule has 6 heteroatoms. The Labute approximate surface area is 139 Å². The zero-order valence-corrected chi connectivity index (χ0v) is 13.5. The molecule has 1 aliphatic carbocycles. The van der Waals surface area contributed by atoms with Gasteiger partial charge in [-0.25, -0.2) is 0 Å². The molecule has 0 saturated carbocycles. The summed E-state index contributed by atoms with van der Waals surface area (Å²) in [7, 11) is 0. The van der Waals surface area contributed by atoms with Crippen molar-refractivity contribution >= 4 is 5.91 Å². The van der Waals surface area contributed by atoms with E-state index in [0.29, 0.717) is 18.4 Å². The van der Waals surface area contributed by atoms with Crippen molar-refractivity contribution in [2.24, 2.45) is 5.92 Å². The normalized spacial score (nSPS) is 20.0. The average Bonchev–Trinajstić information content (AvgIpc) is 3.04. The van der Waals surface area contributed by atoms with Gasteiger partial charge in [-0.3, -0.25) is 4.79 Å². The van der Waals surface area contributed by atoms with Crippen molar-refractivity contribution in [3.05, 3.63) is 47.5 Å². The van der Waals surface area contributed by atoms with Crippen LogP contribution in [0.5, 0.6) is 0 Å². The number of carbonyl (C=O) groups excluding carboxylic acids is 1. The number of halogens is 3. The lowest BCUT2D eigenvalue weighted by Crippen LogP contribution is -2.39. The molecule has 0 heterocycles. The third-order valence-electron chi connectivity index (χ3n) is 4.31. The van der Waals surface area contributed by atoms with Crippen molar-refractivity contribution in [1.29, 1.82) is 0 Å². The van der Waals surface area contributed by atoms with Gasteiger partial charge in [-0.1, -0.05) is 31.2 Å². The molecular formula is C18H22F3NO2. The molecule has 2 N–H and O–H groups in total. The zero-order chi connectivity index (χ0) is 17.7. The maximum Gasteiger partial charge on any atom is 0.416 e. The molecular weight excluding hydrogens is 319 g/mol. The van der Waals surface area contributed by atoms with Gasteiger partial charge in [0.1, 0.15) is 0 Å². The smallest absolute Gasteiger partial charge is 0.386 e. The summed E-state index contributed by atoms with van der Waals surface area (Å²) in [6.07, 6.45) is 1.40. The predicted octanol–water partition coefficient (Wildman–Crippen LogP) is 3.99. The SMILES string of the molecule is CCC(NC(=O)CC1C=CCC1)C(O)c1ccc(C(F)(F)F)cc1. The second kappa shape index (κ2) is 7.83.